The molecule has 1 aromatic carbocycles. The fourth-order valence-corrected chi connectivity index (χ4v) is 1.62. The minimum atomic E-state index is -0.362. The molecule has 0 saturated heterocycles. The zero-order valence-electron chi connectivity index (χ0n) is 8.10. The predicted molar refractivity (Wildman–Crippen MR) is 56.5 cm³/mol. The number of benzene rings is 1. The third-order valence-corrected chi connectivity index (χ3v) is 2.46. The van der Waals surface area contributed by atoms with Gasteiger partial charge in [-0.15, -0.1) is 0 Å². The van der Waals surface area contributed by atoms with E-state index in [9.17, 15) is 4.79 Å². The highest BCUT2D eigenvalue weighted by Crippen LogP contribution is 2.13. The highest BCUT2D eigenvalue weighted by atomic mass is 32.1. The molecule has 4 nitrogen and oxygen atoms in total. The fourth-order valence-electron chi connectivity index (χ4n) is 1.21. The summed E-state index contributed by atoms with van der Waals surface area (Å²) in [5.41, 5.74) is 1.03. The molecule has 78 valence electrons. The van der Waals surface area contributed by atoms with E-state index in [4.69, 9.17) is 9.15 Å². The van der Waals surface area contributed by atoms with Crippen molar-refractivity contribution >= 4 is 11.5 Å². The van der Waals surface area contributed by atoms with Crippen LogP contribution in [0.25, 0.3) is 0 Å². The molecule has 0 N–H and O–H groups in total. The van der Waals surface area contributed by atoms with Gasteiger partial charge in [-0.1, -0.05) is 12.1 Å². The van der Waals surface area contributed by atoms with Gasteiger partial charge in [-0.05, 0) is 17.7 Å². The smallest absolute Gasteiger partial charge is 0.414 e. The van der Waals surface area contributed by atoms with Gasteiger partial charge in [0.1, 0.15) is 5.75 Å². The van der Waals surface area contributed by atoms with Crippen LogP contribution in [-0.2, 0) is 6.42 Å². The van der Waals surface area contributed by atoms with Crippen LogP contribution in [0.1, 0.15) is 11.5 Å². The average molecular weight is 223 g/mol. The Labute approximate surface area is 90.3 Å². The van der Waals surface area contributed by atoms with Crippen LogP contribution in [0.15, 0.2) is 33.5 Å². The maximum atomic E-state index is 10.8. The molecule has 5 heteroatoms. The van der Waals surface area contributed by atoms with Gasteiger partial charge < -0.3 is 9.15 Å². The lowest BCUT2D eigenvalue weighted by molar-refractivity contribution is 0.414. The molecule has 15 heavy (non-hydrogen) atoms. The van der Waals surface area contributed by atoms with Crippen molar-refractivity contribution in [1.29, 1.82) is 0 Å². The molecule has 2 rings (SSSR count). The van der Waals surface area contributed by atoms with Crippen molar-refractivity contribution in [3.63, 3.8) is 0 Å². The minimum absolute atomic E-state index is 0.362. The second-order valence-corrected chi connectivity index (χ2v) is 3.65. The number of aromatic nitrogens is 1. The summed E-state index contributed by atoms with van der Waals surface area (Å²) in [4.78, 5) is 10.4. The molecule has 0 aliphatic heterocycles. The summed E-state index contributed by atoms with van der Waals surface area (Å²) < 4.78 is 13.8. The third-order valence-electron chi connectivity index (χ3n) is 1.94. The molecule has 1 aromatic heterocycles. The van der Waals surface area contributed by atoms with E-state index in [2.05, 4.69) is 4.37 Å². The third kappa shape index (κ3) is 2.44. The number of hydrogen-bond donors (Lipinski definition) is 0. The van der Waals surface area contributed by atoms with Crippen LogP contribution in [0.2, 0.25) is 0 Å². The summed E-state index contributed by atoms with van der Waals surface area (Å²) in [5, 5.41) is 0. The summed E-state index contributed by atoms with van der Waals surface area (Å²) in [6, 6.07) is 7.55. The first-order chi connectivity index (χ1) is 7.28. The molecule has 0 aliphatic carbocycles. The monoisotopic (exact) mass is 223 g/mol. The van der Waals surface area contributed by atoms with Gasteiger partial charge in [-0.25, -0.2) is 4.79 Å². The molecule has 0 bridgehead atoms. The van der Waals surface area contributed by atoms with Crippen molar-refractivity contribution in [2.45, 2.75) is 6.42 Å². The molecule has 0 radical (unpaired) electrons. The van der Waals surface area contributed by atoms with E-state index in [0.717, 1.165) is 22.8 Å². The number of nitrogens with zero attached hydrogens (tertiary/aromatic N) is 1. The van der Waals surface area contributed by atoms with Gasteiger partial charge in [-0.2, -0.15) is 4.37 Å². The number of hydrogen-bond acceptors (Lipinski definition) is 5. The summed E-state index contributed by atoms with van der Waals surface area (Å²) >= 11 is 0.834. The summed E-state index contributed by atoms with van der Waals surface area (Å²) in [6.45, 7) is 0. The van der Waals surface area contributed by atoms with Crippen molar-refractivity contribution in [3.8, 4) is 5.75 Å². The summed E-state index contributed by atoms with van der Waals surface area (Å²) in [5.74, 6) is 1.26. The number of rotatable bonds is 3. The number of ether oxygens (including phenoxy) is 1. The predicted octanol–water partition coefficient (Wildman–Crippen LogP) is 1.70. The normalized spacial score (nSPS) is 10.2. The molecule has 0 saturated carbocycles. The maximum Gasteiger partial charge on any atom is 0.414 e. The van der Waals surface area contributed by atoms with Gasteiger partial charge in [0.25, 0.3) is 0 Å². The average Bonchev–Trinajstić information content (AvgIpc) is 2.65. The van der Waals surface area contributed by atoms with E-state index >= 15 is 0 Å². The van der Waals surface area contributed by atoms with Crippen molar-refractivity contribution in [1.82, 2.24) is 4.37 Å². The standard InChI is InChI=1S/C10H9NO3S/c1-13-8-4-2-7(3-5-8)6-9-11-15-10(12)14-9/h2-5H,6H2,1H3. The Balaban J connectivity index is 2.14. The van der Waals surface area contributed by atoms with Crippen LogP contribution in [0.5, 0.6) is 5.75 Å². The van der Waals surface area contributed by atoms with Gasteiger partial charge >= 0.3 is 4.94 Å². The van der Waals surface area contributed by atoms with Gasteiger partial charge in [0.2, 0.25) is 5.89 Å². The Morgan fingerprint density at radius 2 is 2.13 bits per heavy atom. The molecular formula is C10H9NO3S. The lowest BCUT2D eigenvalue weighted by Gasteiger charge is -2.00. The van der Waals surface area contributed by atoms with E-state index in [1.807, 2.05) is 24.3 Å². The first-order valence-electron chi connectivity index (χ1n) is 4.36. The Kier molecular flexibility index (Phi) is 2.82. The van der Waals surface area contributed by atoms with E-state index < -0.39 is 0 Å². The SMILES string of the molecule is COc1ccc(Cc2nsc(=O)o2)cc1. The Morgan fingerprint density at radius 3 is 2.67 bits per heavy atom. The zero-order chi connectivity index (χ0) is 10.7. The quantitative estimate of drug-likeness (QED) is 0.794. The lowest BCUT2D eigenvalue weighted by Crippen LogP contribution is -1.90. The second-order valence-electron chi connectivity index (χ2n) is 2.95. The van der Waals surface area contributed by atoms with Crippen LogP contribution in [-0.4, -0.2) is 11.5 Å². The summed E-state index contributed by atoms with van der Waals surface area (Å²) in [7, 11) is 1.62. The molecule has 0 aliphatic rings. The minimum Gasteiger partial charge on any atom is -0.497 e. The fraction of sp³-hybridized carbons (Fsp3) is 0.200. The van der Waals surface area contributed by atoms with E-state index in [1.54, 1.807) is 7.11 Å². The first kappa shape index (κ1) is 9.92. The first-order valence-corrected chi connectivity index (χ1v) is 5.14. The number of methoxy groups -OCH3 is 1. The summed E-state index contributed by atoms with van der Waals surface area (Å²) in [6.07, 6.45) is 0.530. The van der Waals surface area contributed by atoms with Crippen LogP contribution in [0, 0.1) is 0 Å². The van der Waals surface area contributed by atoms with E-state index in [1.165, 1.54) is 0 Å². The van der Waals surface area contributed by atoms with Gasteiger partial charge in [-0.3, -0.25) is 0 Å². The Hall–Kier alpha value is -1.62. The van der Waals surface area contributed by atoms with Crippen molar-refractivity contribution in [2.75, 3.05) is 7.11 Å². The van der Waals surface area contributed by atoms with Crippen molar-refractivity contribution in [2.24, 2.45) is 0 Å². The molecular weight excluding hydrogens is 214 g/mol. The lowest BCUT2D eigenvalue weighted by atomic mass is 10.1. The van der Waals surface area contributed by atoms with E-state index in [0.29, 0.717) is 12.3 Å². The van der Waals surface area contributed by atoms with Crippen molar-refractivity contribution in [3.05, 3.63) is 45.5 Å². The van der Waals surface area contributed by atoms with E-state index in [-0.39, 0.29) is 4.94 Å². The van der Waals surface area contributed by atoms with Crippen molar-refractivity contribution < 1.29 is 9.15 Å². The van der Waals surface area contributed by atoms with Crippen LogP contribution >= 0.6 is 11.5 Å². The topological polar surface area (TPSA) is 52.3 Å². The molecule has 0 amide bonds. The van der Waals surface area contributed by atoms with Gasteiger partial charge in [0.05, 0.1) is 13.5 Å². The molecule has 0 fully saturated rings. The Morgan fingerprint density at radius 1 is 1.40 bits per heavy atom. The van der Waals surface area contributed by atoms with Gasteiger partial charge in [0, 0.05) is 11.5 Å². The van der Waals surface area contributed by atoms with Crippen LogP contribution < -0.4 is 9.68 Å². The molecule has 0 atom stereocenters. The highest BCUT2D eigenvalue weighted by Gasteiger charge is 2.03. The molecule has 2 aromatic rings. The molecule has 0 spiro atoms. The second kappa shape index (κ2) is 4.27. The van der Waals surface area contributed by atoms with Crippen LogP contribution in [0.4, 0.5) is 0 Å². The largest absolute Gasteiger partial charge is 0.497 e. The van der Waals surface area contributed by atoms with Crippen LogP contribution in [0.3, 0.4) is 0 Å². The highest BCUT2D eigenvalue weighted by molar-refractivity contribution is 7.02. The maximum absolute atomic E-state index is 10.8. The molecule has 1 heterocycles. The Bertz CT molecular complexity index is 486. The van der Waals surface area contributed by atoms with Gasteiger partial charge in [0.15, 0.2) is 0 Å². The zero-order valence-corrected chi connectivity index (χ0v) is 8.91. The molecule has 0 unspecified atom stereocenters.